The predicted octanol–water partition coefficient (Wildman–Crippen LogP) is 3.72. The van der Waals surface area contributed by atoms with Gasteiger partial charge >= 0.3 is 5.97 Å². The second-order valence-electron chi connectivity index (χ2n) is 5.27. The first kappa shape index (κ1) is 15.1. The Morgan fingerprint density at radius 3 is 2.52 bits per heavy atom. The molecule has 0 aliphatic carbocycles. The van der Waals surface area contributed by atoms with Crippen molar-refractivity contribution >= 4 is 5.97 Å². The molecule has 2 aromatic rings. The minimum atomic E-state index is -0.812. The normalized spacial score (nSPS) is 12.0. The number of ether oxygens (including phenoxy) is 1. The van der Waals surface area contributed by atoms with E-state index in [2.05, 4.69) is 0 Å². The van der Waals surface area contributed by atoms with Crippen LogP contribution in [-0.4, -0.2) is 18.2 Å². The average Bonchev–Trinajstić information content (AvgIpc) is 2.45. The number of hydrogen-bond acceptors (Lipinski definition) is 2. The summed E-state index contributed by atoms with van der Waals surface area (Å²) in [5, 5.41) is 9.60. The molecule has 3 nitrogen and oxygen atoms in total. The first-order valence-electron chi connectivity index (χ1n) is 6.94. The Morgan fingerprint density at radius 2 is 1.90 bits per heavy atom. The van der Waals surface area contributed by atoms with Gasteiger partial charge in [0.1, 0.15) is 5.75 Å². The van der Waals surface area contributed by atoms with Crippen molar-refractivity contribution in [2.24, 2.45) is 0 Å². The van der Waals surface area contributed by atoms with Crippen molar-refractivity contribution in [1.82, 2.24) is 0 Å². The van der Waals surface area contributed by atoms with Gasteiger partial charge in [0, 0.05) is 0 Å². The Kier molecular flexibility index (Phi) is 4.63. The fourth-order valence-electron chi connectivity index (χ4n) is 2.59. The highest BCUT2D eigenvalue weighted by atomic mass is 16.5. The van der Waals surface area contributed by atoms with E-state index in [4.69, 9.17) is 4.74 Å². The zero-order valence-corrected chi connectivity index (χ0v) is 12.6. The molecule has 0 aliphatic rings. The topological polar surface area (TPSA) is 46.5 Å². The number of carboxylic acids is 1. The fraction of sp³-hybridized carbons (Fsp3) is 0.278. The molecule has 110 valence electrons. The molecule has 0 saturated heterocycles. The number of carboxylic acid groups (broad SMARTS) is 1. The van der Waals surface area contributed by atoms with Gasteiger partial charge in [0.25, 0.3) is 0 Å². The molecule has 0 aliphatic heterocycles. The van der Waals surface area contributed by atoms with Gasteiger partial charge < -0.3 is 9.84 Å². The van der Waals surface area contributed by atoms with Crippen LogP contribution in [0, 0.1) is 13.8 Å². The lowest BCUT2D eigenvalue weighted by atomic mass is 9.88. The molecule has 0 radical (unpaired) electrons. The molecule has 3 heteroatoms. The number of methoxy groups -OCH3 is 1. The van der Waals surface area contributed by atoms with Gasteiger partial charge in [0.2, 0.25) is 0 Å². The van der Waals surface area contributed by atoms with Crippen LogP contribution in [0.25, 0.3) is 0 Å². The monoisotopic (exact) mass is 284 g/mol. The molecule has 0 aromatic heterocycles. The third-order valence-electron chi connectivity index (χ3n) is 3.72. The molecule has 0 fully saturated rings. The number of carbonyl (C=O) groups is 1. The van der Waals surface area contributed by atoms with Crippen LogP contribution in [0.2, 0.25) is 0 Å². The summed E-state index contributed by atoms with van der Waals surface area (Å²) in [5.74, 6) is -0.643. The molecule has 0 spiro atoms. The standard InChI is InChI=1S/C18H20O3/c1-12-8-9-17(21-3)14(10-12)11-16(18(19)20)15-7-5-4-6-13(15)2/h4-10,16H,11H2,1-3H3,(H,19,20). The molecule has 0 heterocycles. The molecular weight excluding hydrogens is 264 g/mol. The minimum absolute atomic E-state index is 0.422. The number of aryl methyl sites for hydroxylation is 2. The van der Waals surface area contributed by atoms with Crippen LogP contribution < -0.4 is 4.74 Å². The van der Waals surface area contributed by atoms with Crippen molar-refractivity contribution in [3.05, 3.63) is 64.7 Å². The van der Waals surface area contributed by atoms with E-state index in [-0.39, 0.29) is 0 Å². The van der Waals surface area contributed by atoms with Crippen LogP contribution in [0.15, 0.2) is 42.5 Å². The molecule has 0 bridgehead atoms. The lowest BCUT2D eigenvalue weighted by Gasteiger charge is -2.17. The molecule has 0 amide bonds. The van der Waals surface area contributed by atoms with E-state index < -0.39 is 11.9 Å². The molecule has 1 N–H and O–H groups in total. The molecule has 21 heavy (non-hydrogen) atoms. The van der Waals surface area contributed by atoms with Crippen LogP contribution in [0.3, 0.4) is 0 Å². The van der Waals surface area contributed by atoms with Crippen molar-refractivity contribution in [2.75, 3.05) is 7.11 Å². The summed E-state index contributed by atoms with van der Waals surface area (Å²) in [6.45, 7) is 3.94. The highest BCUT2D eigenvalue weighted by Gasteiger charge is 2.23. The van der Waals surface area contributed by atoms with Gasteiger partial charge in [-0.3, -0.25) is 4.79 Å². The van der Waals surface area contributed by atoms with Gasteiger partial charge in [-0.1, -0.05) is 42.0 Å². The lowest BCUT2D eigenvalue weighted by Crippen LogP contribution is -2.16. The maximum atomic E-state index is 11.7. The van der Waals surface area contributed by atoms with Gasteiger partial charge in [-0.05, 0) is 43.0 Å². The zero-order chi connectivity index (χ0) is 15.4. The summed E-state index contributed by atoms with van der Waals surface area (Å²) in [6, 6.07) is 13.5. The van der Waals surface area contributed by atoms with Crippen molar-refractivity contribution in [1.29, 1.82) is 0 Å². The molecule has 1 atom stereocenters. The summed E-state index contributed by atoms with van der Waals surface area (Å²) in [7, 11) is 1.61. The second-order valence-corrected chi connectivity index (χ2v) is 5.27. The van der Waals surface area contributed by atoms with Gasteiger partial charge in [-0.15, -0.1) is 0 Å². The maximum Gasteiger partial charge on any atom is 0.311 e. The number of hydrogen-bond donors (Lipinski definition) is 1. The molecular formula is C18H20O3. The van der Waals surface area contributed by atoms with Crippen molar-refractivity contribution < 1.29 is 14.6 Å². The quantitative estimate of drug-likeness (QED) is 0.910. The van der Waals surface area contributed by atoms with Crippen LogP contribution in [-0.2, 0) is 11.2 Å². The van der Waals surface area contributed by atoms with Gasteiger partial charge in [0.05, 0.1) is 13.0 Å². The van der Waals surface area contributed by atoms with Crippen molar-refractivity contribution in [3.8, 4) is 5.75 Å². The van der Waals surface area contributed by atoms with E-state index >= 15 is 0 Å². The Bertz CT molecular complexity index is 647. The fourth-order valence-corrected chi connectivity index (χ4v) is 2.59. The van der Waals surface area contributed by atoms with Gasteiger partial charge in [-0.25, -0.2) is 0 Å². The third-order valence-corrected chi connectivity index (χ3v) is 3.72. The number of benzene rings is 2. The minimum Gasteiger partial charge on any atom is -0.496 e. The Morgan fingerprint density at radius 1 is 1.19 bits per heavy atom. The molecule has 2 rings (SSSR count). The van der Waals surface area contributed by atoms with Crippen molar-refractivity contribution in [3.63, 3.8) is 0 Å². The van der Waals surface area contributed by atoms with E-state index in [0.717, 1.165) is 28.0 Å². The highest BCUT2D eigenvalue weighted by molar-refractivity contribution is 5.77. The summed E-state index contributed by atoms with van der Waals surface area (Å²) >= 11 is 0. The van der Waals surface area contributed by atoms with Crippen LogP contribution in [0.5, 0.6) is 5.75 Å². The highest BCUT2D eigenvalue weighted by Crippen LogP contribution is 2.29. The van der Waals surface area contributed by atoms with E-state index in [9.17, 15) is 9.90 Å². The number of rotatable bonds is 5. The maximum absolute atomic E-state index is 11.7. The largest absolute Gasteiger partial charge is 0.496 e. The second kappa shape index (κ2) is 6.44. The Balaban J connectivity index is 2.40. The Labute approximate surface area is 125 Å². The van der Waals surface area contributed by atoms with Crippen LogP contribution in [0.4, 0.5) is 0 Å². The molecule has 0 saturated carbocycles. The lowest BCUT2D eigenvalue weighted by molar-refractivity contribution is -0.138. The summed E-state index contributed by atoms with van der Waals surface area (Å²) in [5.41, 5.74) is 3.87. The van der Waals surface area contributed by atoms with Crippen LogP contribution in [0.1, 0.15) is 28.2 Å². The third kappa shape index (κ3) is 3.43. The van der Waals surface area contributed by atoms with Crippen LogP contribution >= 0.6 is 0 Å². The van der Waals surface area contributed by atoms with E-state index in [0.29, 0.717) is 6.42 Å². The summed E-state index contributed by atoms with van der Waals surface area (Å²) in [6.07, 6.45) is 0.422. The zero-order valence-electron chi connectivity index (χ0n) is 12.6. The van der Waals surface area contributed by atoms with E-state index in [1.807, 2.05) is 56.3 Å². The number of aliphatic carboxylic acids is 1. The summed E-state index contributed by atoms with van der Waals surface area (Å²) < 4.78 is 5.35. The smallest absolute Gasteiger partial charge is 0.311 e. The molecule has 2 aromatic carbocycles. The molecule has 1 unspecified atom stereocenters. The average molecular weight is 284 g/mol. The van der Waals surface area contributed by atoms with E-state index in [1.54, 1.807) is 7.11 Å². The van der Waals surface area contributed by atoms with Gasteiger partial charge in [-0.2, -0.15) is 0 Å². The summed E-state index contributed by atoms with van der Waals surface area (Å²) in [4.78, 5) is 11.7. The first-order chi connectivity index (χ1) is 10.0. The van der Waals surface area contributed by atoms with Crippen molar-refractivity contribution in [2.45, 2.75) is 26.2 Å². The SMILES string of the molecule is COc1ccc(C)cc1CC(C(=O)O)c1ccccc1C. The van der Waals surface area contributed by atoms with E-state index in [1.165, 1.54) is 0 Å². The predicted molar refractivity (Wildman–Crippen MR) is 83.0 cm³/mol. The first-order valence-corrected chi connectivity index (χ1v) is 6.94. The Hall–Kier alpha value is -2.29. The van der Waals surface area contributed by atoms with Gasteiger partial charge in [0.15, 0.2) is 0 Å².